The summed E-state index contributed by atoms with van der Waals surface area (Å²) in [7, 11) is 1.85. The average Bonchev–Trinajstić information content (AvgIpc) is 2.66. The number of hydrogen-bond acceptors (Lipinski definition) is 3. The molecule has 2 rings (SSSR count). The van der Waals surface area contributed by atoms with Crippen LogP contribution in [0.3, 0.4) is 0 Å². The highest BCUT2D eigenvalue weighted by Gasteiger charge is 2.38. The van der Waals surface area contributed by atoms with E-state index in [1.807, 2.05) is 14.0 Å². The zero-order valence-electron chi connectivity index (χ0n) is 11.9. The average molecular weight is 284 g/mol. The molecule has 1 atom stereocenters. The van der Waals surface area contributed by atoms with Crippen molar-refractivity contribution in [3.05, 3.63) is 16.4 Å². The van der Waals surface area contributed by atoms with Crippen molar-refractivity contribution in [2.24, 2.45) is 12.5 Å². The molecule has 1 aromatic heterocycles. The van der Waals surface area contributed by atoms with Crippen LogP contribution in [-0.4, -0.2) is 28.7 Å². The topological polar surface area (TPSA) is 46.9 Å². The Hall–Kier alpha value is -0.870. The summed E-state index contributed by atoms with van der Waals surface area (Å²) < 4.78 is 1.73. The number of carbonyl (C=O) groups is 1. The lowest BCUT2D eigenvalue weighted by molar-refractivity contribution is -0.129. The van der Waals surface area contributed by atoms with Crippen LogP contribution in [0.2, 0.25) is 5.02 Å². The Labute approximate surface area is 119 Å². The number of aromatic nitrogens is 2. The Balaban J connectivity index is 2.19. The summed E-state index contributed by atoms with van der Waals surface area (Å²) in [4.78, 5) is 12.7. The van der Waals surface area contributed by atoms with Crippen molar-refractivity contribution in [1.82, 2.24) is 15.1 Å². The van der Waals surface area contributed by atoms with E-state index in [0.29, 0.717) is 11.4 Å². The molecule has 0 aromatic carbocycles. The van der Waals surface area contributed by atoms with E-state index in [0.717, 1.165) is 43.7 Å². The molecule has 106 valence electrons. The van der Waals surface area contributed by atoms with Crippen molar-refractivity contribution in [2.75, 3.05) is 13.1 Å². The highest BCUT2D eigenvalue weighted by Crippen LogP contribution is 2.33. The molecule has 0 amide bonds. The maximum absolute atomic E-state index is 12.7. The molecule has 1 aromatic rings. The second-order valence-corrected chi connectivity index (χ2v) is 5.86. The highest BCUT2D eigenvalue weighted by atomic mass is 35.5. The number of nitrogens with zero attached hydrogens (tertiary/aromatic N) is 2. The zero-order valence-corrected chi connectivity index (χ0v) is 12.7. The molecule has 19 heavy (non-hydrogen) atoms. The first-order chi connectivity index (χ1) is 9.00. The molecule has 5 heteroatoms. The molecule has 2 heterocycles. The first kappa shape index (κ1) is 14.5. The Morgan fingerprint density at radius 3 is 2.79 bits per heavy atom. The maximum Gasteiger partial charge on any atom is 0.146 e. The molecule has 0 aliphatic carbocycles. The van der Waals surface area contributed by atoms with Gasteiger partial charge in [0, 0.05) is 19.0 Å². The van der Waals surface area contributed by atoms with Crippen LogP contribution in [0.5, 0.6) is 0 Å². The van der Waals surface area contributed by atoms with Gasteiger partial charge in [-0.15, -0.1) is 0 Å². The molecule has 1 saturated heterocycles. The smallest absolute Gasteiger partial charge is 0.146 e. The Bertz CT molecular complexity index is 475. The third-order valence-corrected chi connectivity index (χ3v) is 4.82. The van der Waals surface area contributed by atoms with Gasteiger partial charge in [-0.2, -0.15) is 5.10 Å². The monoisotopic (exact) mass is 283 g/mol. The summed E-state index contributed by atoms with van der Waals surface area (Å²) in [6.45, 7) is 5.77. The fourth-order valence-corrected chi connectivity index (χ4v) is 3.14. The van der Waals surface area contributed by atoms with Crippen LogP contribution < -0.4 is 5.32 Å². The third kappa shape index (κ3) is 2.70. The summed E-state index contributed by atoms with van der Waals surface area (Å²) in [5.74, 6) is 0.284. The second kappa shape index (κ2) is 5.63. The Morgan fingerprint density at radius 2 is 2.32 bits per heavy atom. The SMILES string of the molecule is CCC1(C(=O)Cc2c(Cl)c(C)nn2C)CCCNC1. The van der Waals surface area contributed by atoms with E-state index in [1.54, 1.807) is 4.68 Å². The minimum absolute atomic E-state index is 0.222. The lowest BCUT2D eigenvalue weighted by Crippen LogP contribution is -2.46. The number of piperidine rings is 1. The third-order valence-electron chi connectivity index (χ3n) is 4.33. The fraction of sp³-hybridized carbons (Fsp3) is 0.714. The van der Waals surface area contributed by atoms with Crippen molar-refractivity contribution in [3.63, 3.8) is 0 Å². The first-order valence-corrected chi connectivity index (χ1v) is 7.30. The second-order valence-electron chi connectivity index (χ2n) is 5.48. The van der Waals surface area contributed by atoms with Gasteiger partial charge < -0.3 is 5.32 Å². The van der Waals surface area contributed by atoms with Gasteiger partial charge in [0.05, 0.1) is 22.8 Å². The van der Waals surface area contributed by atoms with Crippen LogP contribution in [0.25, 0.3) is 0 Å². The summed E-state index contributed by atoms with van der Waals surface area (Å²) in [5.41, 5.74) is 1.40. The van der Waals surface area contributed by atoms with Gasteiger partial charge in [-0.1, -0.05) is 18.5 Å². The molecule has 4 nitrogen and oxygen atoms in total. The summed E-state index contributed by atoms with van der Waals surface area (Å²) in [6.07, 6.45) is 3.31. The molecule has 1 unspecified atom stereocenters. The van der Waals surface area contributed by atoms with E-state index in [1.165, 1.54) is 0 Å². The minimum Gasteiger partial charge on any atom is -0.316 e. The van der Waals surface area contributed by atoms with Crippen LogP contribution in [0, 0.1) is 12.3 Å². The molecule has 1 aliphatic heterocycles. The molecule has 0 saturated carbocycles. The first-order valence-electron chi connectivity index (χ1n) is 6.92. The lowest BCUT2D eigenvalue weighted by atomic mass is 9.73. The standard InChI is InChI=1S/C14H22ClN3O/c1-4-14(6-5-7-16-9-14)12(19)8-11-13(15)10(2)17-18(11)3/h16H,4-9H2,1-3H3. The molecule has 0 radical (unpaired) electrons. The summed E-state index contributed by atoms with van der Waals surface area (Å²) in [6, 6.07) is 0. The van der Waals surface area contributed by atoms with E-state index in [4.69, 9.17) is 11.6 Å². The van der Waals surface area contributed by atoms with Gasteiger partial charge in [-0.3, -0.25) is 9.48 Å². The largest absolute Gasteiger partial charge is 0.316 e. The van der Waals surface area contributed by atoms with E-state index >= 15 is 0 Å². The van der Waals surface area contributed by atoms with Crippen molar-refractivity contribution < 1.29 is 4.79 Å². The van der Waals surface area contributed by atoms with Gasteiger partial charge in [0.25, 0.3) is 0 Å². The molecule has 0 spiro atoms. The highest BCUT2D eigenvalue weighted by molar-refractivity contribution is 6.32. The van der Waals surface area contributed by atoms with E-state index in [9.17, 15) is 4.79 Å². The van der Waals surface area contributed by atoms with Crippen molar-refractivity contribution in [3.8, 4) is 0 Å². The summed E-state index contributed by atoms with van der Waals surface area (Å²) >= 11 is 6.23. The Morgan fingerprint density at radius 1 is 1.58 bits per heavy atom. The predicted molar refractivity (Wildman–Crippen MR) is 76.5 cm³/mol. The van der Waals surface area contributed by atoms with Gasteiger partial charge in [0.1, 0.15) is 5.78 Å². The molecule has 1 aliphatic rings. The molecule has 0 bridgehead atoms. The number of aryl methyl sites for hydroxylation is 2. The molecule has 1 N–H and O–H groups in total. The fourth-order valence-electron chi connectivity index (χ4n) is 2.92. The number of halogens is 1. The number of rotatable bonds is 4. The molecule has 1 fully saturated rings. The Kier molecular flexibility index (Phi) is 4.31. The van der Waals surface area contributed by atoms with Crippen molar-refractivity contribution in [2.45, 2.75) is 39.5 Å². The normalized spacial score (nSPS) is 23.6. The van der Waals surface area contributed by atoms with Gasteiger partial charge >= 0.3 is 0 Å². The number of hydrogen-bond donors (Lipinski definition) is 1. The van der Waals surface area contributed by atoms with Gasteiger partial charge in [-0.25, -0.2) is 0 Å². The molecular formula is C14H22ClN3O. The van der Waals surface area contributed by atoms with Crippen molar-refractivity contribution in [1.29, 1.82) is 0 Å². The van der Waals surface area contributed by atoms with Crippen LogP contribution >= 0.6 is 11.6 Å². The molecular weight excluding hydrogens is 262 g/mol. The lowest BCUT2D eigenvalue weighted by Gasteiger charge is -2.35. The van der Waals surface area contributed by atoms with Gasteiger partial charge in [0.15, 0.2) is 0 Å². The number of nitrogens with one attached hydrogen (secondary N) is 1. The van der Waals surface area contributed by atoms with E-state index < -0.39 is 0 Å². The number of carbonyl (C=O) groups excluding carboxylic acids is 1. The predicted octanol–water partition coefficient (Wildman–Crippen LogP) is 2.27. The van der Waals surface area contributed by atoms with Gasteiger partial charge in [-0.05, 0) is 32.7 Å². The number of ketones is 1. The van der Waals surface area contributed by atoms with Crippen molar-refractivity contribution >= 4 is 17.4 Å². The van der Waals surface area contributed by atoms with E-state index in [-0.39, 0.29) is 11.2 Å². The number of Topliss-reactive ketones (excluding diaryl/α,β-unsaturated/α-hetero) is 1. The van der Waals surface area contributed by atoms with Crippen LogP contribution in [0.4, 0.5) is 0 Å². The van der Waals surface area contributed by atoms with Crippen LogP contribution in [0.15, 0.2) is 0 Å². The summed E-state index contributed by atoms with van der Waals surface area (Å²) in [5, 5.41) is 8.26. The van der Waals surface area contributed by atoms with Crippen LogP contribution in [-0.2, 0) is 18.3 Å². The minimum atomic E-state index is -0.222. The zero-order chi connectivity index (χ0) is 14.0. The van der Waals surface area contributed by atoms with Gasteiger partial charge in [0.2, 0.25) is 0 Å². The maximum atomic E-state index is 12.7. The van der Waals surface area contributed by atoms with E-state index in [2.05, 4.69) is 17.3 Å². The quantitative estimate of drug-likeness (QED) is 0.922. The van der Waals surface area contributed by atoms with Crippen LogP contribution in [0.1, 0.15) is 37.6 Å².